The van der Waals surface area contributed by atoms with Crippen LogP contribution in [0.3, 0.4) is 0 Å². The molecule has 102 valence electrons. The highest BCUT2D eigenvalue weighted by molar-refractivity contribution is 6.31. The third kappa shape index (κ3) is 3.01. The molecule has 0 amide bonds. The fourth-order valence-corrected chi connectivity index (χ4v) is 2.16. The molecule has 0 saturated carbocycles. The fourth-order valence-electron chi connectivity index (χ4n) is 1.97. The Bertz CT molecular complexity index is 573. The first kappa shape index (κ1) is 13.7. The molecule has 0 unspecified atom stereocenters. The Labute approximate surface area is 117 Å². The standard InChI is InChI=1S/C14H17ClN2O2/c1-4-17-13(14(15)10(3)16-17)8-19-12-6-9(2)5-11(18)7-12/h5-7,18H,4,8H2,1-3H3. The van der Waals surface area contributed by atoms with Crippen molar-refractivity contribution in [2.45, 2.75) is 33.9 Å². The number of aromatic hydroxyl groups is 1. The summed E-state index contributed by atoms with van der Waals surface area (Å²) in [5, 5.41) is 14.5. The van der Waals surface area contributed by atoms with Gasteiger partial charge in [-0.25, -0.2) is 0 Å². The lowest BCUT2D eigenvalue weighted by Crippen LogP contribution is -2.06. The maximum Gasteiger partial charge on any atom is 0.131 e. The molecule has 0 saturated heterocycles. The van der Waals surface area contributed by atoms with Gasteiger partial charge in [0.2, 0.25) is 0 Å². The molecular formula is C14H17ClN2O2. The van der Waals surface area contributed by atoms with E-state index >= 15 is 0 Å². The number of phenols is 1. The van der Waals surface area contributed by atoms with E-state index in [-0.39, 0.29) is 5.75 Å². The predicted octanol–water partition coefficient (Wildman–Crippen LogP) is 3.46. The van der Waals surface area contributed by atoms with E-state index in [1.54, 1.807) is 12.1 Å². The van der Waals surface area contributed by atoms with E-state index in [1.807, 2.05) is 31.5 Å². The molecule has 2 aromatic rings. The summed E-state index contributed by atoms with van der Waals surface area (Å²) in [6.45, 7) is 6.85. The van der Waals surface area contributed by atoms with Gasteiger partial charge in [0.15, 0.2) is 0 Å². The average Bonchev–Trinajstić information content (AvgIpc) is 2.62. The van der Waals surface area contributed by atoms with Gasteiger partial charge in [0.05, 0.1) is 16.4 Å². The van der Waals surface area contributed by atoms with E-state index < -0.39 is 0 Å². The number of halogens is 1. The van der Waals surface area contributed by atoms with Crippen LogP contribution in [0.1, 0.15) is 23.9 Å². The summed E-state index contributed by atoms with van der Waals surface area (Å²) in [7, 11) is 0. The topological polar surface area (TPSA) is 47.3 Å². The highest BCUT2D eigenvalue weighted by Crippen LogP contribution is 2.25. The van der Waals surface area contributed by atoms with Crippen molar-refractivity contribution in [3.8, 4) is 11.5 Å². The lowest BCUT2D eigenvalue weighted by Gasteiger charge is -2.09. The normalized spacial score (nSPS) is 10.7. The second-order valence-electron chi connectivity index (χ2n) is 4.45. The molecule has 0 fully saturated rings. The minimum Gasteiger partial charge on any atom is -0.508 e. The zero-order chi connectivity index (χ0) is 14.0. The maximum atomic E-state index is 9.53. The zero-order valence-electron chi connectivity index (χ0n) is 11.3. The second-order valence-corrected chi connectivity index (χ2v) is 4.83. The van der Waals surface area contributed by atoms with Gasteiger partial charge in [-0.1, -0.05) is 11.6 Å². The van der Waals surface area contributed by atoms with Gasteiger partial charge in [-0.3, -0.25) is 4.68 Å². The highest BCUT2D eigenvalue weighted by atomic mass is 35.5. The monoisotopic (exact) mass is 280 g/mol. The van der Waals surface area contributed by atoms with E-state index in [0.29, 0.717) is 17.4 Å². The van der Waals surface area contributed by atoms with Crippen LogP contribution in [0.2, 0.25) is 5.02 Å². The van der Waals surface area contributed by atoms with Gasteiger partial charge in [0, 0.05) is 12.6 Å². The number of aryl methyl sites for hydroxylation is 3. The molecule has 0 atom stereocenters. The number of ether oxygens (including phenoxy) is 1. The number of rotatable bonds is 4. The van der Waals surface area contributed by atoms with Gasteiger partial charge < -0.3 is 9.84 Å². The number of benzene rings is 1. The van der Waals surface area contributed by atoms with Crippen molar-refractivity contribution in [1.82, 2.24) is 9.78 Å². The molecule has 2 rings (SSSR count). The number of phenolic OH excluding ortho intramolecular Hbond substituents is 1. The Balaban J connectivity index is 2.18. The molecule has 1 heterocycles. The predicted molar refractivity (Wildman–Crippen MR) is 74.8 cm³/mol. The first-order chi connectivity index (χ1) is 9.01. The summed E-state index contributed by atoms with van der Waals surface area (Å²) in [6, 6.07) is 5.13. The largest absolute Gasteiger partial charge is 0.508 e. The SMILES string of the molecule is CCn1nc(C)c(Cl)c1COc1cc(C)cc(O)c1. The third-order valence-corrected chi connectivity index (χ3v) is 3.36. The molecule has 0 spiro atoms. The fraction of sp³-hybridized carbons (Fsp3) is 0.357. The van der Waals surface area contributed by atoms with Gasteiger partial charge in [0.25, 0.3) is 0 Å². The van der Waals surface area contributed by atoms with Crippen LogP contribution < -0.4 is 4.74 Å². The van der Waals surface area contributed by atoms with Crippen molar-refractivity contribution in [3.63, 3.8) is 0 Å². The Hall–Kier alpha value is -1.68. The van der Waals surface area contributed by atoms with Gasteiger partial charge in [-0.2, -0.15) is 5.10 Å². The first-order valence-electron chi connectivity index (χ1n) is 6.16. The van der Waals surface area contributed by atoms with Crippen LogP contribution in [0, 0.1) is 13.8 Å². The Morgan fingerprint density at radius 1 is 1.32 bits per heavy atom. The maximum absolute atomic E-state index is 9.53. The van der Waals surface area contributed by atoms with Gasteiger partial charge >= 0.3 is 0 Å². The third-order valence-electron chi connectivity index (χ3n) is 2.86. The summed E-state index contributed by atoms with van der Waals surface area (Å²) in [4.78, 5) is 0. The van der Waals surface area contributed by atoms with Crippen molar-refractivity contribution < 1.29 is 9.84 Å². The van der Waals surface area contributed by atoms with Crippen molar-refractivity contribution >= 4 is 11.6 Å². The number of hydrogen-bond acceptors (Lipinski definition) is 3. The molecular weight excluding hydrogens is 264 g/mol. The molecule has 0 aliphatic carbocycles. The minimum absolute atomic E-state index is 0.196. The molecule has 1 aromatic carbocycles. The van der Waals surface area contributed by atoms with Crippen LogP contribution in [-0.2, 0) is 13.2 Å². The van der Waals surface area contributed by atoms with Crippen molar-refractivity contribution in [3.05, 3.63) is 40.2 Å². The van der Waals surface area contributed by atoms with Crippen LogP contribution in [0.4, 0.5) is 0 Å². The van der Waals surface area contributed by atoms with E-state index in [2.05, 4.69) is 5.10 Å². The van der Waals surface area contributed by atoms with Crippen molar-refractivity contribution in [2.24, 2.45) is 0 Å². The number of aromatic nitrogens is 2. The lowest BCUT2D eigenvalue weighted by molar-refractivity contribution is 0.291. The molecule has 0 aliphatic rings. The molecule has 0 bridgehead atoms. The van der Waals surface area contributed by atoms with E-state index in [4.69, 9.17) is 16.3 Å². The van der Waals surface area contributed by atoms with E-state index in [0.717, 1.165) is 23.5 Å². The van der Waals surface area contributed by atoms with Gasteiger partial charge in [-0.05, 0) is 38.5 Å². The quantitative estimate of drug-likeness (QED) is 0.933. The molecule has 1 aromatic heterocycles. The van der Waals surface area contributed by atoms with Gasteiger partial charge in [-0.15, -0.1) is 0 Å². The number of nitrogens with zero attached hydrogens (tertiary/aromatic N) is 2. The number of hydrogen-bond donors (Lipinski definition) is 1. The smallest absolute Gasteiger partial charge is 0.131 e. The lowest BCUT2D eigenvalue weighted by atomic mass is 10.2. The van der Waals surface area contributed by atoms with Crippen molar-refractivity contribution in [1.29, 1.82) is 0 Å². The average molecular weight is 281 g/mol. The van der Waals surface area contributed by atoms with E-state index in [1.165, 1.54) is 0 Å². The Morgan fingerprint density at radius 2 is 2.05 bits per heavy atom. The van der Waals surface area contributed by atoms with Crippen LogP contribution >= 0.6 is 11.6 Å². The van der Waals surface area contributed by atoms with Crippen LogP contribution in [0.25, 0.3) is 0 Å². The van der Waals surface area contributed by atoms with Gasteiger partial charge in [0.1, 0.15) is 18.1 Å². The summed E-state index contributed by atoms with van der Waals surface area (Å²) in [5.74, 6) is 0.816. The van der Waals surface area contributed by atoms with E-state index in [9.17, 15) is 5.11 Å². The summed E-state index contributed by atoms with van der Waals surface area (Å²) in [5.41, 5.74) is 2.60. The van der Waals surface area contributed by atoms with Crippen LogP contribution in [-0.4, -0.2) is 14.9 Å². The molecule has 0 radical (unpaired) electrons. The first-order valence-corrected chi connectivity index (χ1v) is 6.54. The van der Waals surface area contributed by atoms with Crippen LogP contribution in [0.5, 0.6) is 11.5 Å². The van der Waals surface area contributed by atoms with Crippen LogP contribution in [0.15, 0.2) is 18.2 Å². The molecule has 0 aliphatic heterocycles. The second kappa shape index (κ2) is 5.53. The molecule has 5 heteroatoms. The molecule has 1 N–H and O–H groups in total. The molecule has 19 heavy (non-hydrogen) atoms. The summed E-state index contributed by atoms with van der Waals surface area (Å²) < 4.78 is 7.51. The summed E-state index contributed by atoms with van der Waals surface area (Å²) >= 11 is 6.21. The Kier molecular flexibility index (Phi) is 4.00. The minimum atomic E-state index is 0.196. The van der Waals surface area contributed by atoms with Crippen molar-refractivity contribution in [2.75, 3.05) is 0 Å². The summed E-state index contributed by atoms with van der Waals surface area (Å²) in [6.07, 6.45) is 0. The molecule has 4 nitrogen and oxygen atoms in total. The highest BCUT2D eigenvalue weighted by Gasteiger charge is 2.13. The zero-order valence-corrected chi connectivity index (χ0v) is 12.0. The Morgan fingerprint density at radius 3 is 2.68 bits per heavy atom.